The van der Waals surface area contributed by atoms with Crippen molar-refractivity contribution in [2.75, 3.05) is 0 Å². The van der Waals surface area contributed by atoms with Crippen LogP contribution >= 0.6 is 0 Å². The highest BCUT2D eigenvalue weighted by Crippen LogP contribution is 2.53. The van der Waals surface area contributed by atoms with Gasteiger partial charge in [0, 0.05) is 16.7 Å². The van der Waals surface area contributed by atoms with Gasteiger partial charge in [0.25, 0.3) is 0 Å². The van der Waals surface area contributed by atoms with Crippen molar-refractivity contribution < 1.29 is 14.3 Å². The molecule has 0 aliphatic heterocycles. The number of carbonyl (C=O) groups is 1. The standard InChI is InChI=1S/C21H24O3/c1-13-17-7-5-9-19(22)21(17,2)12-15(20(13)23)11-16-10-14-6-3-4-8-18(14)24-16/h3-4,6,8,10-11,13,17,19,22H,5,7,9,12H2,1-2H3/b15-11+/t13?,17?,19-,21-/m0/s1. The maximum Gasteiger partial charge on any atom is 0.162 e. The van der Waals surface area contributed by atoms with Gasteiger partial charge in [0.2, 0.25) is 0 Å². The van der Waals surface area contributed by atoms with Crippen LogP contribution in [0, 0.1) is 17.3 Å². The first kappa shape index (κ1) is 15.6. The maximum absolute atomic E-state index is 12.9. The van der Waals surface area contributed by atoms with Gasteiger partial charge in [-0.15, -0.1) is 0 Å². The summed E-state index contributed by atoms with van der Waals surface area (Å²) in [5.74, 6) is 1.18. The molecule has 0 radical (unpaired) electrons. The lowest BCUT2D eigenvalue weighted by Crippen LogP contribution is -2.51. The summed E-state index contributed by atoms with van der Waals surface area (Å²) in [6, 6.07) is 9.85. The fourth-order valence-corrected chi connectivity index (χ4v) is 4.85. The van der Waals surface area contributed by atoms with Crippen molar-refractivity contribution in [2.24, 2.45) is 17.3 Å². The molecule has 0 bridgehead atoms. The average Bonchev–Trinajstić information content (AvgIpc) is 2.97. The Bertz CT molecular complexity index is 782. The first-order chi connectivity index (χ1) is 11.5. The summed E-state index contributed by atoms with van der Waals surface area (Å²) in [4.78, 5) is 12.9. The molecule has 1 aromatic heterocycles. The lowest BCUT2D eigenvalue weighted by atomic mass is 9.54. The number of Topliss-reactive ketones (excluding diaryl/α,β-unsaturated/α-hetero) is 1. The van der Waals surface area contributed by atoms with E-state index < -0.39 is 0 Å². The van der Waals surface area contributed by atoms with Crippen LogP contribution in [0.2, 0.25) is 0 Å². The van der Waals surface area contributed by atoms with Gasteiger partial charge in [-0.2, -0.15) is 0 Å². The average molecular weight is 324 g/mol. The molecule has 2 aromatic rings. The molecule has 0 spiro atoms. The zero-order chi connectivity index (χ0) is 16.9. The predicted molar refractivity (Wildman–Crippen MR) is 94.4 cm³/mol. The molecule has 2 aliphatic rings. The van der Waals surface area contributed by atoms with Gasteiger partial charge in [0.05, 0.1) is 6.10 Å². The molecule has 2 unspecified atom stereocenters. The summed E-state index contributed by atoms with van der Waals surface area (Å²) in [5.41, 5.74) is 1.42. The largest absolute Gasteiger partial charge is 0.457 e. The van der Waals surface area contributed by atoms with Crippen LogP contribution in [0.15, 0.2) is 40.3 Å². The van der Waals surface area contributed by atoms with Crippen LogP contribution in [0.25, 0.3) is 17.0 Å². The Morgan fingerprint density at radius 3 is 2.88 bits per heavy atom. The van der Waals surface area contributed by atoms with E-state index in [1.165, 1.54) is 0 Å². The maximum atomic E-state index is 12.9. The lowest BCUT2D eigenvalue weighted by Gasteiger charge is -2.51. The number of allylic oxidation sites excluding steroid dienone is 1. The van der Waals surface area contributed by atoms with Crippen LogP contribution in [0.4, 0.5) is 0 Å². The van der Waals surface area contributed by atoms with Crippen molar-refractivity contribution in [1.29, 1.82) is 0 Å². The number of furan rings is 1. The van der Waals surface area contributed by atoms with Crippen molar-refractivity contribution in [1.82, 2.24) is 0 Å². The zero-order valence-corrected chi connectivity index (χ0v) is 14.3. The number of para-hydroxylation sites is 1. The molecule has 4 rings (SSSR count). The normalized spacial score (nSPS) is 35.4. The number of rotatable bonds is 1. The third-order valence-corrected chi connectivity index (χ3v) is 6.27. The number of hydrogen-bond donors (Lipinski definition) is 1. The molecule has 24 heavy (non-hydrogen) atoms. The van der Waals surface area contributed by atoms with Crippen molar-refractivity contribution in [3.8, 4) is 0 Å². The Morgan fingerprint density at radius 2 is 2.08 bits per heavy atom. The molecule has 0 amide bonds. The predicted octanol–water partition coefficient (Wildman–Crippen LogP) is 4.59. The molecule has 1 N–H and O–H groups in total. The van der Waals surface area contributed by atoms with E-state index in [0.717, 1.165) is 41.6 Å². The minimum atomic E-state index is -0.328. The van der Waals surface area contributed by atoms with Crippen LogP contribution < -0.4 is 0 Å². The number of aliphatic hydroxyl groups excluding tert-OH is 1. The fraction of sp³-hybridized carbons (Fsp3) is 0.476. The summed E-state index contributed by atoms with van der Waals surface area (Å²) in [6.07, 6.45) is 5.10. The topological polar surface area (TPSA) is 50.4 Å². The number of hydrogen-bond acceptors (Lipinski definition) is 3. The van der Waals surface area contributed by atoms with Gasteiger partial charge in [-0.05, 0) is 49.0 Å². The first-order valence-corrected chi connectivity index (χ1v) is 8.90. The van der Waals surface area contributed by atoms with Crippen LogP contribution in [0.1, 0.15) is 45.3 Å². The van der Waals surface area contributed by atoms with Gasteiger partial charge in [0.1, 0.15) is 11.3 Å². The van der Waals surface area contributed by atoms with Gasteiger partial charge in [-0.1, -0.05) is 38.5 Å². The second-order valence-corrected chi connectivity index (χ2v) is 7.74. The van der Waals surface area contributed by atoms with Crippen LogP contribution in [-0.4, -0.2) is 17.0 Å². The molecule has 1 aromatic carbocycles. The van der Waals surface area contributed by atoms with E-state index in [0.29, 0.717) is 6.42 Å². The van der Waals surface area contributed by atoms with E-state index >= 15 is 0 Å². The molecular weight excluding hydrogens is 300 g/mol. The number of fused-ring (bicyclic) bond motifs is 2. The molecule has 3 nitrogen and oxygen atoms in total. The molecule has 3 heteroatoms. The SMILES string of the molecule is CC1C(=O)/C(=C/c2cc3ccccc3o2)C[C@@]2(C)C1CCC[C@@H]2O. The van der Waals surface area contributed by atoms with Crippen LogP contribution in [0.5, 0.6) is 0 Å². The molecule has 2 saturated carbocycles. The quantitative estimate of drug-likeness (QED) is 0.780. The summed E-state index contributed by atoms with van der Waals surface area (Å²) in [6.45, 7) is 4.17. The van der Waals surface area contributed by atoms with E-state index in [9.17, 15) is 9.90 Å². The van der Waals surface area contributed by atoms with E-state index in [1.54, 1.807) is 0 Å². The second kappa shape index (κ2) is 5.59. The van der Waals surface area contributed by atoms with Crippen molar-refractivity contribution in [3.63, 3.8) is 0 Å². The van der Waals surface area contributed by atoms with Gasteiger partial charge in [-0.3, -0.25) is 4.79 Å². The number of aliphatic hydroxyl groups is 1. The van der Waals surface area contributed by atoms with E-state index in [-0.39, 0.29) is 29.1 Å². The second-order valence-electron chi connectivity index (χ2n) is 7.74. The van der Waals surface area contributed by atoms with Crippen molar-refractivity contribution >= 4 is 22.8 Å². The molecular formula is C21H24O3. The Labute approximate surface area is 142 Å². The summed E-state index contributed by atoms with van der Waals surface area (Å²) in [7, 11) is 0. The van der Waals surface area contributed by atoms with Crippen molar-refractivity contribution in [3.05, 3.63) is 41.7 Å². The molecule has 4 atom stereocenters. The van der Waals surface area contributed by atoms with Gasteiger partial charge in [0.15, 0.2) is 5.78 Å². The van der Waals surface area contributed by atoms with Crippen LogP contribution in [0.3, 0.4) is 0 Å². The highest BCUT2D eigenvalue weighted by atomic mass is 16.3. The number of benzene rings is 1. The summed E-state index contributed by atoms with van der Waals surface area (Å²) < 4.78 is 5.86. The Morgan fingerprint density at radius 1 is 1.29 bits per heavy atom. The van der Waals surface area contributed by atoms with E-state index in [4.69, 9.17) is 4.42 Å². The van der Waals surface area contributed by atoms with E-state index in [1.807, 2.05) is 43.3 Å². The highest BCUT2D eigenvalue weighted by Gasteiger charge is 2.51. The number of carbonyl (C=O) groups excluding carboxylic acids is 1. The summed E-state index contributed by atoms with van der Waals surface area (Å²) in [5, 5.41) is 11.6. The minimum Gasteiger partial charge on any atom is -0.457 e. The zero-order valence-electron chi connectivity index (χ0n) is 14.3. The molecule has 126 valence electrons. The molecule has 0 saturated heterocycles. The van der Waals surface area contributed by atoms with Gasteiger partial charge in [-0.25, -0.2) is 0 Å². The fourth-order valence-electron chi connectivity index (χ4n) is 4.85. The monoisotopic (exact) mass is 324 g/mol. The van der Waals surface area contributed by atoms with Gasteiger partial charge < -0.3 is 9.52 Å². The van der Waals surface area contributed by atoms with Crippen molar-refractivity contribution in [2.45, 2.75) is 45.6 Å². The highest BCUT2D eigenvalue weighted by molar-refractivity contribution is 6.02. The third kappa shape index (κ3) is 2.34. The first-order valence-electron chi connectivity index (χ1n) is 8.90. The lowest BCUT2D eigenvalue weighted by molar-refractivity contribution is -0.133. The summed E-state index contributed by atoms with van der Waals surface area (Å²) >= 11 is 0. The third-order valence-electron chi connectivity index (χ3n) is 6.27. The number of ketones is 1. The minimum absolute atomic E-state index is 0.0330. The molecule has 2 fully saturated rings. The Kier molecular flexibility index (Phi) is 3.65. The van der Waals surface area contributed by atoms with E-state index in [2.05, 4.69) is 6.92 Å². The Balaban J connectivity index is 1.73. The molecule has 2 aliphatic carbocycles. The molecule has 1 heterocycles. The van der Waals surface area contributed by atoms with Gasteiger partial charge >= 0.3 is 0 Å². The van der Waals surface area contributed by atoms with Crippen LogP contribution in [-0.2, 0) is 4.79 Å². The Hall–Kier alpha value is -1.87. The smallest absolute Gasteiger partial charge is 0.162 e.